The lowest BCUT2D eigenvalue weighted by atomic mass is 10.2. The first-order valence-electron chi connectivity index (χ1n) is 8.45. The summed E-state index contributed by atoms with van der Waals surface area (Å²) in [5.74, 6) is -0.637. The maximum atomic E-state index is 13.1. The van der Waals surface area contributed by atoms with Gasteiger partial charge in [0.25, 0.3) is 0 Å². The number of nitrogens with zero attached hydrogens (tertiary/aromatic N) is 4. The van der Waals surface area contributed by atoms with Crippen LogP contribution in [0.5, 0.6) is 0 Å². The lowest BCUT2D eigenvalue weighted by molar-refractivity contribution is -0.141. The lowest BCUT2D eigenvalue weighted by Crippen LogP contribution is -2.14. The van der Waals surface area contributed by atoms with Crippen LogP contribution < -0.4 is 0 Å². The van der Waals surface area contributed by atoms with Gasteiger partial charge in [-0.05, 0) is 18.6 Å². The molecule has 162 valence electrons. The number of hydrogen-bond donors (Lipinski definition) is 0. The standard InChI is InChI=1S/C17H14F6N4O2S/c1-3-4-30(28,29)12-5-9(16(18,19)20)7-25-14(12)15-26-10-6-13(17(21,22)23)24-8-11(10)27(15)2/h5-8H,3-4H2,1-2H3. The zero-order valence-electron chi connectivity index (χ0n) is 15.5. The van der Waals surface area contributed by atoms with Gasteiger partial charge in [-0.15, -0.1) is 0 Å². The van der Waals surface area contributed by atoms with Gasteiger partial charge in [0.05, 0.1) is 33.4 Å². The van der Waals surface area contributed by atoms with Crippen LogP contribution in [0.1, 0.15) is 24.6 Å². The third-order valence-electron chi connectivity index (χ3n) is 4.26. The molecule has 0 aliphatic heterocycles. The molecule has 0 aliphatic carbocycles. The summed E-state index contributed by atoms with van der Waals surface area (Å²) >= 11 is 0. The Bertz CT molecular complexity index is 1220. The molecule has 0 saturated heterocycles. The van der Waals surface area contributed by atoms with E-state index in [2.05, 4.69) is 15.0 Å². The van der Waals surface area contributed by atoms with Gasteiger partial charge in [0.2, 0.25) is 0 Å². The molecule has 30 heavy (non-hydrogen) atoms. The molecule has 0 aliphatic rings. The van der Waals surface area contributed by atoms with Crippen molar-refractivity contribution < 1.29 is 34.8 Å². The van der Waals surface area contributed by atoms with Crippen molar-refractivity contribution in [3.8, 4) is 11.5 Å². The summed E-state index contributed by atoms with van der Waals surface area (Å²) < 4.78 is 105. The van der Waals surface area contributed by atoms with Gasteiger partial charge in [0, 0.05) is 13.2 Å². The van der Waals surface area contributed by atoms with Crippen molar-refractivity contribution in [3.05, 3.63) is 35.8 Å². The maximum Gasteiger partial charge on any atom is 0.433 e. The van der Waals surface area contributed by atoms with Crippen LogP contribution in [0, 0.1) is 0 Å². The van der Waals surface area contributed by atoms with E-state index in [-0.39, 0.29) is 29.0 Å². The first-order chi connectivity index (χ1) is 13.8. The summed E-state index contributed by atoms with van der Waals surface area (Å²) in [6.45, 7) is 1.54. The van der Waals surface area contributed by atoms with Crippen LogP contribution in [-0.2, 0) is 29.2 Å². The van der Waals surface area contributed by atoms with Crippen molar-refractivity contribution in [1.29, 1.82) is 0 Å². The van der Waals surface area contributed by atoms with Crippen LogP contribution in [-0.4, -0.2) is 33.7 Å². The smallest absolute Gasteiger partial charge is 0.324 e. The minimum atomic E-state index is -4.83. The number of hydrogen-bond acceptors (Lipinski definition) is 5. The Morgan fingerprint density at radius 3 is 2.23 bits per heavy atom. The number of rotatable bonds is 4. The highest BCUT2D eigenvalue weighted by molar-refractivity contribution is 7.91. The van der Waals surface area contributed by atoms with Gasteiger partial charge >= 0.3 is 12.4 Å². The molecule has 0 saturated carbocycles. The minimum absolute atomic E-state index is 0.124. The molecular weight excluding hydrogens is 438 g/mol. The summed E-state index contributed by atoms with van der Waals surface area (Å²) in [6, 6.07) is 1.13. The van der Waals surface area contributed by atoms with Crippen molar-refractivity contribution in [3.63, 3.8) is 0 Å². The van der Waals surface area contributed by atoms with E-state index in [0.29, 0.717) is 18.3 Å². The number of aromatic nitrogens is 4. The molecule has 3 aromatic heterocycles. The van der Waals surface area contributed by atoms with Crippen LogP contribution in [0.4, 0.5) is 26.3 Å². The van der Waals surface area contributed by atoms with Gasteiger partial charge in [-0.2, -0.15) is 26.3 Å². The molecular formula is C17H14F6N4O2S. The fourth-order valence-electron chi connectivity index (χ4n) is 2.84. The van der Waals surface area contributed by atoms with Crippen LogP contribution >= 0.6 is 0 Å². The average molecular weight is 452 g/mol. The third kappa shape index (κ3) is 3.98. The SMILES string of the molecule is CCCS(=O)(=O)c1cc(C(F)(F)F)cnc1-c1nc2cc(C(F)(F)F)ncc2n1C. The Morgan fingerprint density at radius 1 is 1.00 bits per heavy atom. The minimum Gasteiger partial charge on any atom is -0.324 e. The predicted octanol–water partition coefficient (Wildman–Crippen LogP) is 4.25. The van der Waals surface area contributed by atoms with Gasteiger partial charge in [0.15, 0.2) is 15.7 Å². The van der Waals surface area contributed by atoms with Crippen LogP contribution in [0.15, 0.2) is 29.4 Å². The number of imidazole rings is 1. The number of halogens is 6. The molecule has 0 bridgehead atoms. The van der Waals surface area contributed by atoms with Gasteiger partial charge < -0.3 is 4.57 Å². The Kier molecular flexibility index (Phi) is 5.29. The van der Waals surface area contributed by atoms with Gasteiger partial charge in [0.1, 0.15) is 11.4 Å². The molecule has 0 spiro atoms. The molecule has 0 unspecified atom stereocenters. The highest BCUT2D eigenvalue weighted by Crippen LogP contribution is 2.35. The first-order valence-corrected chi connectivity index (χ1v) is 10.1. The Balaban J connectivity index is 2.29. The molecule has 0 N–H and O–H groups in total. The van der Waals surface area contributed by atoms with E-state index in [0.717, 1.165) is 6.20 Å². The van der Waals surface area contributed by atoms with Gasteiger partial charge in [-0.3, -0.25) is 4.98 Å². The molecule has 6 nitrogen and oxygen atoms in total. The van der Waals surface area contributed by atoms with E-state index < -0.39 is 44.1 Å². The highest BCUT2D eigenvalue weighted by atomic mass is 32.2. The Hall–Kier alpha value is -2.70. The van der Waals surface area contributed by atoms with E-state index in [9.17, 15) is 34.8 Å². The fraction of sp³-hybridized carbons (Fsp3) is 0.353. The molecule has 3 rings (SSSR count). The molecule has 0 fully saturated rings. The van der Waals surface area contributed by atoms with E-state index in [1.54, 1.807) is 0 Å². The largest absolute Gasteiger partial charge is 0.433 e. The molecule has 0 radical (unpaired) electrons. The summed E-state index contributed by atoms with van der Waals surface area (Å²) in [5, 5.41) is 0. The second-order valence-electron chi connectivity index (χ2n) is 6.44. The van der Waals surface area contributed by atoms with Crippen molar-refractivity contribution in [2.75, 3.05) is 5.75 Å². The van der Waals surface area contributed by atoms with Crippen LogP contribution in [0.25, 0.3) is 22.6 Å². The first kappa shape index (κ1) is 22.0. The number of aryl methyl sites for hydroxylation is 1. The monoisotopic (exact) mass is 452 g/mol. The topological polar surface area (TPSA) is 77.7 Å². The Labute approximate surface area is 166 Å². The molecule has 13 heteroatoms. The second kappa shape index (κ2) is 7.22. The molecule has 0 aromatic carbocycles. The maximum absolute atomic E-state index is 13.1. The quantitative estimate of drug-likeness (QED) is 0.553. The van der Waals surface area contributed by atoms with E-state index >= 15 is 0 Å². The number of alkyl halides is 6. The van der Waals surface area contributed by atoms with E-state index in [4.69, 9.17) is 0 Å². The lowest BCUT2D eigenvalue weighted by Gasteiger charge is -2.13. The molecule has 0 atom stereocenters. The number of pyridine rings is 2. The predicted molar refractivity (Wildman–Crippen MR) is 94.1 cm³/mol. The van der Waals surface area contributed by atoms with Crippen LogP contribution in [0.3, 0.4) is 0 Å². The zero-order chi connectivity index (χ0) is 22.5. The van der Waals surface area contributed by atoms with Gasteiger partial charge in [-0.25, -0.2) is 18.4 Å². The van der Waals surface area contributed by atoms with Crippen molar-refractivity contribution in [1.82, 2.24) is 19.5 Å². The summed E-state index contributed by atoms with van der Waals surface area (Å²) in [7, 11) is -2.80. The number of fused-ring (bicyclic) bond motifs is 1. The molecule has 3 aromatic rings. The van der Waals surface area contributed by atoms with Crippen molar-refractivity contribution in [2.45, 2.75) is 30.6 Å². The summed E-state index contributed by atoms with van der Waals surface area (Å²) in [6.07, 6.45) is -8.06. The highest BCUT2D eigenvalue weighted by Gasteiger charge is 2.35. The average Bonchev–Trinajstić information content (AvgIpc) is 2.96. The second-order valence-corrected chi connectivity index (χ2v) is 8.52. The third-order valence-corrected chi connectivity index (χ3v) is 6.18. The van der Waals surface area contributed by atoms with E-state index in [1.807, 2.05) is 0 Å². The van der Waals surface area contributed by atoms with E-state index in [1.165, 1.54) is 18.5 Å². The van der Waals surface area contributed by atoms with Crippen molar-refractivity contribution >= 4 is 20.9 Å². The van der Waals surface area contributed by atoms with Gasteiger partial charge in [-0.1, -0.05) is 6.92 Å². The zero-order valence-corrected chi connectivity index (χ0v) is 16.3. The molecule has 0 amide bonds. The van der Waals surface area contributed by atoms with Crippen molar-refractivity contribution in [2.24, 2.45) is 7.05 Å². The molecule has 3 heterocycles. The Morgan fingerprint density at radius 2 is 1.67 bits per heavy atom. The fourth-order valence-corrected chi connectivity index (χ4v) is 4.34. The normalized spacial score (nSPS) is 13.2. The summed E-state index contributed by atoms with van der Waals surface area (Å²) in [5.41, 5.74) is -2.89. The number of sulfone groups is 1. The summed E-state index contributed by atoms with van der Waals surface area (Å²) in [4.78, 5) is 10.3. The van der Waals surface area contributed by atoms with Crippen LogP contribution in [0.2, 0.25) is 0 Å².